The Bertz CT molecular complexity index is 350. The lowest BCUT2D eigenvalue weighted by Crippen LogP contribution is -2.31. The van der Waals surface area contributed by atoms with Gasteiger partial charge >= 0.3 is 0 Å². The second-order valence-corrected chi connectivity index (χ2v) is 4.33. The van der Waals surface area contributed by atoms with E-state index in [1.807, 2.05) is 20.8 Å². The van der Waals surface area contributed by atoms with E-state index in [0.717, 1.165) is 0 Å². The lowest BCUT2D eigenvalue weighted by atomic mass is 10.1. The third kappa shape index (κ3) is 4.40. The van der Waals surface area contributed by atoms with Crippen LogP contribution < -0.4 is 5.32 Å². The monoisotopic (exact) mass is 204 g/mol. The molecule has 0 saturated heterocycles. The SMILES string of the molecule is CC(C)(C)N/C=C\C(=O)c1ccncc1. The Morgan fingerprint density at radius 1 is 1.33 bits per heavy atom. The van der Waals surface area contributed by atoms with E-state index in [1.165, 1.54) is 6.08 Å². The van der Waals surface area contributed by atoms with Gasteiger partial charge < -0.3 is 5.32 Å². The van der Waals surface area contributed by atoms with Crippen LogP contribution in [0.15, 0.2) is 36.8 Å². The van der Waals surface area contributed by atoms with Gasteiger partial charge in [-0.1, -0.05) is 0 Å². The summed E-state index contributed by atoms with van der Waals surface area (Å²) in [6.07, 6.45) is 6.43. The maximum atomic E-state index is 11.6. The first-order chi connectivity index (χ1) is 6.99. The van der Waals surface area contributed by atoms with Gasteiger partial charge in [0.2, 0.25) is 0 Å². The number of pyridine rings is 1. The van der Waals surface area contributed by atoms with E-state index in [0.29, 0.717) is 5.56 Å². The van der Waals surface area contributed by atoms with Crippen molar-refractivity contribution in [2.45, 2.75) is 26.3 Å². The second-order valence-electron chi connectivity index (χ2n) is 4.33. The van der Waals surface area contributed by atoms with Crippen LogP contribution in [-0.4, -0.2) is 16.3 Å². The molecule has 1 rings (SSSR count). The lowest BCUT2D eigenvalue weighted by Gasteiger charge is -2.18. The number of ketones is 1. The molecule has 0 radical (unpaired) electrons. The average molecular weight is 204 g/mol. The molecule has 0 aliphatic rings. The highest BCUT2D eigenvalue weighted by Crippen LogP contribution is 2.00. The van der Waals surface area contributed by atoms with Crippen molar-refractivity contribution in [2.75, 3.05) is 0 Å². The van der Waals surface area contributed by atoms with E-state index in [2.05, 4.69) is 10.3 Å². The zero-order valence-electron chi connectivity index (χ0n) is 9.32. The molecule has 1 aromatic heterocycles. The molecule has 0 saturated carbocycles. The van der Waals surface area contributed by atoms with E-state index in [1.54, 1.807) is 30.7 Å². The second kappa shape index (κ2) is 4.73. The molecule has 0 unspecified atom stereocenters. The topological polar surface area (TPSA) is 42.0 Å². The van der Waals surface area contributed by atoms with E-state index >= 15 is 0 Å². The first kappa shape index (κ1) is 11.4. The van der Waals surface area contributed by atoms with Crippen LogP contribution in [0.4, 0.5) is 0 Å². The van der Waals surface area contributed by atoms with Gasteiger partial charge in [0.1, 0.15) is 0 Å². The van der Waals surface area contributed by atoms with Crippen molar-refractivity contribution in [3.05, 3.63) is 42.4 Å². The number of nitrogens with one attached hydrogen (secondary N) is 1. The van der Waals surface area contributed by atoms with E-state index in [4.69, 9.17) is 0 Å². The van der Waals surface area contributed by atoms with Crippen molar-refractivity contribution >= 4 is 5.78 Å². The molecule has 0 aromatic carbocycles. The number of nitrogens with zero attached hydrogens (tertiary/aromatic N) is 1. The predicted octanol–water partition coefficient (Wildman–Crippen LogP) is 2.17. The Morgan fingerprint density at radius 3 is 2.47 bits per heavy atom. The molecule has 1 heterocycles. The third-order valence-corrected chi connectivity index (χ3v) is 1.72. The van der Waals surface area contributed by atoms with Crippen LogP contribution >= 0.6 is 0 Å². The quantitative estimate of drug-likeness (QED) is 0.606. The van der Waals surface area contributed by atoms with Crippen LogP contribution in [0, 0.1) is 0 Å². The van der Waals surface area contributed by atoms with Gasteiger partial charge in [-0.2, -0.15) is 0 Å². The van der Waals surface area contributed by atoms with Crippen molar-refractivity contribution in [1.29, 1.82) is 0 Å². The van der Waals surface area contributed by atoms with Crippen LogP contribution in [0.2, 0.25) is 0 Å². The third-order valence-electron chi connectivity index (χ3n) is 1.72. The summed E-state index contributed by atoms with van der Waals surface area (Å²) in [5.74, 6) is -0.0193. The maximum absolute atomic E-state index is 11.6. The Labute approximate surface area is 90.2 Å². The minimum absolute atomic E-state index is 0.0188. The molecule has 3 nitrogen and oxygen atoms in total. The molecule has 3 heteroatoms. The van der Waals surface area contributed by atoms with Gasteiger partial charge in [0.15, 0.2) is 5.78 Å². The highest BCUT2D eigenvalue weighted by Gasteiger charge is 2.05. The highest BCUT2D eigenvalue weighted by molar-refractivity contribution is 6.04. The summed E-state index contributed by atoms with van der Waals surface area (Å²) in [7, 11) is 0. The van der Waals surface area contributed by atoms with Gasteiger partial charge in [0.05, 0.1) is 0 Å². The predicted molar refractivity (Wildman–Crippen MR) is 60.6 cm³/mol. The smallest absolute Gasteiger partial charge is 0.187 e. The first-order valence-electron chi connectivity index (χ1n) is 4.88. The Kier molecular flexibility index (Phi) is 3.61. The van der Waals surface area contributed by atoms with Gasteiger partial charge in [0.25, 0.3) is 0 Å². The zero-order chi connectivity index (χ0) is 11.3. The van der Waals surface area contributed by atoms with Gasteiger partial charge in [-0.25, -0.2) is 0 Å². The summed E-state index contributed by atoms with van der Waals surface area (Å²) < 4.78 is 0. The molecular weight excluding hydrogens is 188 g/mol. The van der Waals surface area contributed by atoms with Crippen LogP contribution in [-0.2, 0) is 0 Å². The van der Waals surface area contributed by atoms with Crippen LogP contribution in [0.25, 0.3) is 0 Å². The minimum atomic E-state index is -0.0193. The normalized spacial score (nSPS) is 11.7. The van der Waals surface area contributed by atoms with E-state index in [-0.39, 0.29) is 11.3 Å². The molecule has 0 bridgehead atoms. The highest BCUT2D eigenvalue weighted by atomic mass is 16.1. The number of aromatic nitrogens is 1. The number of carbonyl (C=O) groups is 1. The molecule has 80 valence electrons. The molecule has 0 amide bonds. The first-order valence-corrected chi connectivity index (χ1v) is 4.88. The lowest BCUT2D eigenvalue weighted by molar-refractivity contribution is 0.104. The number of hydrogen-bond donors (Lipinski definition) is 1. The fourth-order valence-electron chi connectivity index (χ4n) is 0.980. The summed E-state index contributed by atoms with van der Waals surface area (Å²) in [6, 6.07) is 3.40. The minimum Gasteiger partial charge on any atom is -0.386 e. The van der Waals surface area contributed by atoms with Gasteiger partial charge in [-0.3, -0.25) is 9.78 Å². The Hall–Kier alpha value is -1.64. The molecular formula is C12H16N2O. The summed E-state index contributed by atoms with van der Waals surface area (Å²) in [4.78, 5) is 15.4. The maximum Gasteiger partial charge on any atom is 0.187 e. The van der Waals surface area contributed by atoms with Crippen molar-refractivity contribution < 1.29 is 4.79 Å². The molecule has 0 spiro atoms. The van der Waals surface area contributed by atoms with Crippen LogP contribution in [0.1, 0.15) is 31.1 Å². The number of hydrogen-bond acceptors (Lipinski definition) is 3. The van der Waals surface area contributed by atoms with E-state index in [9.17, 15) is 4.79 Å². The summed E-state index contributed by atoms with van der Waals surface area (Å²) in [5, 5.41) is 3.11. The number of rotatable bonds is 3. The molecule has 0 aliphatic carbocycles. The van der Waals surface area contributed by atoms with Crippen molar-refractivity contribution in [3.63, 3.8) is 0 Å². The fraction of sp³-hybridized carbons (Fsp3) is 0.333. The van der Waals surface area contributed by atoms with Crippen molar-refractivity contribution in [1.82, 2.24) is 10.3 Å². The average Bonchev–Trinajstić information content (AvgIpc) is 2.17. The summed E-state index contributed by atoms with van der Waals surface area (Å²) in [5.41, 5.74) is 0.631. The van der Waals surface area contributed by atoms with Gasteiger partial charge in [-0.15, -0.1) is 0 Å². The van der Waals surface area contributed by atoms with Crippen molar-refractivity contribution in [2.24, 2.45) is 0 Å². The van der Waals surface area contributed by atoms with Gasteiger partial charge in [-0.05, 0) is 32.9 Å². The summed E-state index contributed by atoms with van der Waals surface area (Å²) >= 11 is 0. The van der Waals surface area contributed by atoms with Crippen LogP contribution in [0.5, 0.6) is 0 Å². The fourth-order valence-corrected chi connectivity index (χ4v) is 0.980. The molecule has 0 atom stereocenters. The molecule has 0 fully saturated rings. The standard InChI is InChI=1S/C12H16N2O/c1-12(2,3)14-9-6-11(15)10-4-7-13-8-5-10/h4-9,14H,1-3H3/b9-6-. The largest absolute Gasteiger partial charge is 0.386 e. The zero-order valence-corrected chi connectivity index (χ0v) is 9.32. The van der Waals surface area contributed by atoms with Gasteiger partial charge in [0, 0.05) is 35.8 Å². The number of allylic oxidation sites excluding steroid dienone is 1. The van der Waals surface area contributed by atoms with Crippen molar-refractivity contribution in [3.8, 4) is 0 Å². The summed E-state index contributed by atoms with van der Waals surface area (Å²) in [6.45, 7) is 6.11. The van der Waals surface area contributed by atoms with Crippen LogP contribution in [0.3, 0.4) is 0 Å². The molecule has 1 aromatic rings. The molecule has 15 heavy (non-hydrogen) atoms. The molecule has 1 N–H and O–H groups in total. The molecule has 0 aliphatic heterocycles. The number of carbonyl (C=O) groups excluding carboxylic acids is 1. The van der Waals surface area contributed by atoms with E-state index < -0.39 is 0 Å². The Balaban J connectivity index is 2.57. The Morgan fingerprint density at radius 2 is 1.93 bits per heavy atom.